The SMILES string of the molecule is COc1ccc(S(=O)(=O)N(Cc2ccccc2)c2ccccc2C(=O)N2CCN(c3ccccc3F)CC2)cc1. The molecular formula is C31H30FN3O4S. The second kappa shape index (κ2) is 11.8. The second-order valence-corrected chi connectivity index (χ2v) is 11.3. The highest BCUT2D eigenvalue weighted by Crippen LogP contribution is 2.31. The van der Waals surface area contributed by atoms with Crippen molar-refractivity contribution in [2.45, 2.75) is 11.4 Å². The first-order valence-electron chi connectivity index (χ1n) is 13.0. The van der Waals surface area contributed by atoms with Crippen molar-refractivity contribution in [1.29, 1.82) is 0 Å². The highest BCUT2D eigenvalue weighted by molar-refractivity contribution is 7.92. The van der Waals surface area contributed by atoms with Crippen LogP contribution in [0, 0.1) is 5.82 Å². The standard InChI is InChI=1S/C31H30FN3O4S/c1-39-25-15-17-26(18-16-25)40(37,38)35(23-24-9-3-2-4-10-24)29-13-7-5-11-27(29)31(36)34-21-19-33(20-22-34)30-14-8-6-12-28(30)32/h2-18H,19-23H2,1H3. The predicted molar refractivity (Wildman–Crippen MR) is 154 cm³/mol. The lowest BCUT2D eigenvalue weighted by Crippen LogP contribution is -2.49. The molecule has 0 radical (unpaired) electrons. The van der Waals surface area contributed by atoms with Crippen LogP contribution in [0.25, 0.3) is 0 Å². The van der Waals surface area contributed by atoms with Crippen molar-refractivity contribution in [3.63, 3.8) is 0 Å². The molecular weight excluding hydrogens is 529 g/mol. The summed E-state index contributed by atoms with van der Waals surface area (Å²) in [7, 11) is -2.54. The summed E-state index contributed by atoms with van der Waals surface area (Å²) in [5.74, 6) is -0.0293. The zero-order chi connectivity index (χ0) is 28.1. The van der Waals surface area contributed by atoms with Crippen LogP contribution in [0.15, 0.2) is 108 Å². The van der Waals surface area contributed by atoms with Crippen LogP contribution in [0.3, 0.4) is 0 Å². The van der Waals surface area contributed by atoms with Gasteiger partial charge in [0.25, 0.3) is 15.9 Å². The van der Waals surface area contributed by atoms with Gasteiger partial charge in [-0.1, -0.05) is 54.6 Å². The first-order valence-corrected chi connectivity index (χ1v) is 14.4. The number of piperazine rings is 1. The van der Waals surface area contributed by atoms with Crippen molar-refractivity contribution < 1.29 is 22.3 Å². The number of amides is 1. The maximum absolute atomic E-state index is 14.3. The number of para-hydroxylation sites is 2. The molecule has 0 aromatic heterocycles. The molecule has 1 aliphatic heterocycles. The van der Waals surface area contributed by atoms with Gasteiger partial charge in [-0.3, -0.25) is 9.10 Å². The van der Waals surface area contributed by atoms with Crippen LogP contribution in [0.4, 0.5) is 15.8 Å². The fourth-order valence-electron chi connectivity index (χ4n) is 4.82. The summed E-state index contributed by atoms with van der Waals surface area (Å²) in [6, 6.07) is 28.8. The van der Waals surface area contributed by atoms with E-state index in [0.717, 1.165) is 5.56 Å². The Labute approximate surface area is 234 Å². The number of methoxy groups -OCH3 is 1. The number of rotatable bonds is 8. The number of ether oxygens (including phenoxy) is 1. The number of nitrogens with zero attached hydrogens (tertiary/aromatic N) is 3. The van der Waals surface area contributed by atoms with E-state index in [4.69, 9.17) is 4.74 Å². The zero-order valence-electron chi connectivity index (χ0n) is 22.1. The molecule has 1 aliphatic rings. The summed E-state index contributed by atoms with van der Waals surface area (Å²) in [4.78, 5) is 17.5. The zero-order valence-corrected chi connectivity index (χ0v) is 22.9. The average molecular weight is 560 g/mol. The van der Waals surface area contributed by atoms with Crippen molar-refractivity contribution >= 4 is 27.3 Å². The number of halogens is 1. The van der Waals surface area contributed by atoms with Crippen LogP contribution in [-0.4, -0.2) is 52.5 Å². The number of hydrogen-bond acceptors (Lipinski definition) is 5. The minimum absolute atomic E-state index is 0.0422. The van der Waals surface area contributed by atoms with E-state index in [1.165, 1.54) is 29.6 Å². The largest absolute Gasteiger partial charge is 0.497 e. The number of anilines is 2. The Bertz CT molecular complexity index is 1570. The van der Waals surface area contributed by atoms with Gasteiger partial charge < -0.3 is 14.5 Å². The fraction of sp³-hybridized carbons (Fsp3) is 0.194. The molecule has 0 N–H and O–H groups in total. The molecule has 0 aliphatic carbocycles. The molecule has 5 rings (SSSR count). The molecule has 0 spiro atoms. The van der Waals surface area contributed by atoms with Crippen LogP contribution < -0.4 is 13.9 Å². The van der Waals surface area contributed by atoms with Crippen LogP contribution in [0.5, 0.6) is 5.75 Å². The molecule has 1 fully saturated rings. The number of hydrogen-bond donors (Lipinski definition) is 0. The third kappa shape index (κ3) is 5.65. The van der Waals surface area contributed by atoms with Gasteiger partial charge in [-0.2, -0.15) is 0 Å². The van der Waals surface area contributed by atoms with E-state index in [2.05, 4.69) is 0 Å². The van der Waals surface area contributed by atoms with Gasteiger partial charge in [0.15, 0.2) is 0 Å². The predicted octanol–water partition coefficient (Wildman–Crippen LogP) is 5.19. The molecule has 0 unspecified atom stereocenters. The number of carbonyl (C=O) groups excluding carboxylic acids is 1. The normalized spacial score (nSPS) is 13.7. The number of carbonyl (C=O) groups is 1. The van der Waals surface area contributed by atoms with Gasteiger partial charge in [0.05, 0.1) is 35.5 Å². The summed E-state index contributed by atoms with van der Waals surface area (Å²) >= 11 is 0. The van der Waals surface area contributed by atoms with Crippen molar-refractivity contribution in [1.82, 2.24) is 4.90 Å². The third-order valence-corrected chi connectivity index (χ3v) is 8.75. The Kier molecular flexibility index (Phi) is 8.02. The fourth-order valence-corrected chi connectivity index (χ4v) is 6.30. The molecule has 9 heteroatoms. The topological polar surface area (TPSA) is 70.2 Å². The third-order valence-electron chi connectivity index (χ3n) is 6.98. The van der Waals surface area contributed by atoms with Gasteiger partial charge in [0.2, 0.25) is 0 Å². The van der Waals surface area contributed by atoms with Gasteiger partial charge in [0.1, 0.15) is 11.6 Å². The highest BCUT2D eigenvalue weighted by Gasteiger charge is 2.31. The Morgan fingerprint density at radius 1 is 0.825 bits per heavy atom. The monoisotopic (exact) mass is 559 g/mol. The molecule has 1 heterocycles. The average Bonchev–Trinajstić information content (AvgIpc) is 3.00. The van der Waals surface area contributed by atoms with E-state index < -0.39 is 10.0 Å². The summed E-state index contributed by atoms with van der Waals surface area (Å²) in [6.07, 6.45) is 0. The maximum Gasteiger partial charge on any atom is 0.264 e. The highest BCUT2D eigenvalue weighted by atomic mass is 32.2. The molecule has 4 aromatic carbocycles. The molecule has 206 valence electrons. The summed E-state index contributed by atoms with van der Waals surface area (Å²) in [5, 5.41) is 0. The second-order valence-electron chi connectivity index (χ2n) is 9.42. The quantitative estimate of drug-likeness (QED) is 0.297. The molecule has 0 saturated carbocycles. The van der Waals surface area contributed by atoms with Crippen LogP contribution in [0.2, 0.25) is 0 Å². The van der Waals surface area contributed by atoms with E-state index in [1.54, 1.807) is 59.5 Å². The van der Waals surface area contributed by atoms with E-state index in [1.807, 2.05) is 35.2 Å². The lowest BCUT2D eigenvalue weighted by molar-refractivity contribution is 0.0747. The summed E-state index contributed by atoms with van der Waals surface area (Å²) in [5.41, 5.74) is 1.87. The Hall–Kier alpha value is -4.37. The summed E-state index contributed by atoms with van der Waals surface area (Å²) < 4.78 is 48.9. The first kappa shape index (κ1) is 27.2. The van der Waals surface area contributed by atoms with Crippen molar-refractivity contribution in [3.05, 3.63) is 120 Å². The van der Waals surface area contributed by atoms with Crippen LogP contribution >= 0.6 is 0 Å². The van der Waals surface area contributed by atoms with Crippen molar-refractivity contribution in [2.75, 3.05) is 42.5 Å². The molecule has 1 amide bonds. The van der Waals surface area contributed by atoms with Gasteiger partial charge in [0, 0.05) is 26.2 Å². The minimum atomic E-state index is -4.06. The molecule has 4 aromatic rings. The van der Waals surface area contributed by atoms with Crippen LogP contribution in [0.1, 0.15) is 15.9 Å². The molecule has 40 heavy (non-hydrogen) atoms. The molecule has 0 atom stereocenters. The van der Waals surface area contributed by atoms with Gasteiger partial charge in [-0.05, 0) is 54.1 Å². The van der Waals surface area contributed by atoms with Gasteiger partial charge in [-0.25, -0.2) is 12.8 Å². The van der Waals surface area contributed by atoms with E-state index in [-0.39, 0.29) is 28.7 Å². The molecule has 1 saturated heterocycles. The number of benzene rings is 4. The lowest BCUT2D eigenvalue weighted by atomic mass is 10.1. The van der Waals surface area contributed by atoms with Crippen molar-refractivity contribution in [3.8, 4) is 5.75 Å². The molecule has 0 bridgehead atoms. The Morgan fingerprint density at radius 3 is 2.12 bits per heavy atom. The summed E-state index contributed by atoms with van der Waals surface area (Å²) in [6.45, 7) is 1.73. The van der Waals surface area contributed by atoms with E-state index >= 15 is 0 Å². The first-order chi connectivity index (χ1) is 19.4. The lowest BCUT2D eigenvalue weighted by Gasteiger charge is -2.37. The van der Waals surface area contributed by atoms with Gasteiger partial charge >= 0.3 is 0 Å². The Balaban J connectivity index is 1.46. The van der Waals surface area contributed by atoms with E-state index in [9.17, 15) is 17.6 Å². The van der Waals surface area contributed by atoms with Crippen molar-refractivity contribution in [2.24, 2.45) is 0 Å². The molecule has 7 nitrogen and oxygen atoms in total. The number of sulfonamides is 1. The van der Waals surface area contributed by atoms with Gasteiger partial charge in [-0.15, -0.1) is 0 Å². The Morgan fingerprint density at radius 2 is 1.45 bits per heavy atom. The van der Waals surface area contributed by atoms with Crippen LogP contribution in [-0.2, 0) is 16.6 Å². The maximum atomic E-state index is 14.3. The minimum Gasteiger partial charge on any atom is -0.497 e. The smallest absolute Gasteiger partial charge is 0.264 e. The van der Waals surface area contributed by atoms with E-state index in [0.29, 0.717) is 43.3 Å².